The van der Waals surface area contributed by atoms with Crippen LogP contribution in [0.4, 0.5) is 0 Å². The quantitative estimate of drug-likeness (QED) is 0.850. The number of carbonyl (C=O) groups is 2. The molecule has 1 amide bonds. The molecule has 1 aromatic heterocycles. The summed E-state index contributed by atoms with van der Waals surface area (Å²) >= 11 is 0. The van der Waals surface area contributed by atoms with Crippen molar-refractivity contribution in [2.45, 2.75) is 13.0 Å². The molecule has 2 rings (SSSR count). The summed E-state index contributed by atoms with van der Waals surface area (Å²) in [7, 11) is 3.17. The van der Waals surface area contributed by atoms with Crippen molar-refractivity contribution in [3.63, 3.8) is 0 Å². The number of nitrogens with zero attached hydrogens (tertiary/aromatic N) is 1. The molecule has 0 aliphatic rings. The normalized spacial score (nSPS) is 12.2. The number of esters is 1. The van der Waals surface area contributed by atoms with Crippen LogP contribution in [0.25, 0.3) is 10.9 Å². The summed E-state index contributed by atoms with van der Waals surface area (Å²) in [6.07, 6.45) is 1.75. The van der Waals surface area contributed by atoms with Gasteiger partial charge in [0.2, 0.25) is 0 Å². The molecular formula is C14H16N2O3. The Bertz CT molecular complexity index is 631. The fourth-order valence-electron chi connectivity index (χ4n) is 2.03. The average Bonchev–Trinajstić information content (AvgIpc) is 2.76. The highest BCUT2D eigenvalue weighted by molar-refractivity contribution is 6.07. The number of para-hydroxylation sites is 1. The third-order valence-corrected chi connectivity index (χ3v) is 3.04. The molecule has 0 bridgehead atoms. The third kappa shape index (κ3) is 2.45. The zero-order valence-electron chi connectivity index (χ0n) is 11.1. The maximum absolute atomic E-state index is 12.2. The highest BCUT2D eigenvalue weighted by Crippen LogP contribution is 2.20. The fourth-order valence-corrected chi connectivity index (χ4v) is 2.03. The number of methoxy groups -OCH3 is 1. The summed E-state index contributed by atoms with van der Waals surface area (Å²) in [6.45, 7) is 1.59. The monoisotopic (exact) mass is 260 g/mol. The Kier molecular flexibility index (Phi) is 3.55. The van der Waals surface area contributed by atoms with Crippen LogP contribution in [0.15, 0.2) is 30.5 Å². The van der Waals surface area contributed by atoms with Crippen LogP contribution in [-0.4, -0.2) is 29.6 Å². The number of ether oxygens (including phenoxy) is 1. The van der Waals surface area contributed by atoms with Gasteiger partial charge in [-0.1, -0.05) is 18.2 Å². The number of aromatic nitrogens is 1. The maximum atomic E-state index is 12.2. The fraction of sp³-hybridized carbons (Fsp3) is 0.286. The van der Waals surface area contributed by atoms with Crippen molar-refractivity contribution in [3.8, 4) is 0 Å². The van der Waals surface area contributed by atoms with Gasteiger partial charge in [-0.05, 0) is 13.0 Å². The Morgan fingerprint density at radius 1 is 1.32 bits per heavy atom. The number of rotatable bonds is 3. The van der Waals surface area contributed by atoms with E-state index in [-0.39, 0.29) is 5.91 Å². The van der Waals surface area contributed by atoms with Crippen LogP contribution in [0, 0.1) is 0 Å². The molecule has 1 aromatic carbocycles. The first-order valence-corrected chi connectivity index (χ1v) is 5.97. The number of aryl methyl sites for hydroxylation is 1. The van der Waals surface area contributed by atoms with E-state index < -0.39 is 12.0 Å². The van der Waals surface area contributed by atoms with Gasteiger partial charge in [0, 0.05) is 24.1 Å². The van der Waals surface area contributed by atoms with Crippen molar-refractivity contribution in [2.24, 2.45) is 7.05 Å². The Morgan fingerprint density at radius 3 is 2.68 bits per heavy atom. The number of amides is 1. The molecule has 1 atom stereocenters. The first-order valence-electron chi connectivity index (χ1n) is 5.97. The van der Waals surface area contributed by atoms with Gasteiger partial charge in [0.15, 0.2) is 0 Å². The number of hydrogen-bond donors (Lipinski definition) is 1. The molecule has 5 heteroatoms. The molecule has 0 saturated heterocycles. The highest BCUT2D eigenvalue weighted by Gasteiger charge is 2.19. The van der Waals surface area contributed by atoms with Gasteiger partial charge < -0.3 is 14.6 Å². The summed E-state index contributed by atoms with van der Waals surface area (Å²) in [5.74, 6) is -0.747. The first kappa shape index (κ1) is 13.1. The standard InChI is InChI=1S/C14H16N2O3/c1-9(14(18)19-3)15-13(17)11-8-16(2)12-7-5-4-6-10(11)12/h4-9H,1-3H3,(H,15,17). The lowest BCUT2D eigenvalue weighted by Gasteiger charge is -2.10. The molecule has 100 valence electrons. The molecule has 0 radical (unpaired) electrons. The van der Waals surface area contributed by atoms with E-state index in [2.05, 4.69) is 10.1 Å². The van der Waals surface area contributed by atoms with Gasteiger partial charge in [-0.2, -0.15) is 0 Å². The van der Waals surface area contributed by atoms with E-state index in [0.29, 0.717) is 5.56 Å². The molecule has 5 nitrogen and oxygen atoms in total. The van der Waals surface area contributed by atoms with Gasteiger partial charge in [0.05, 0.1) is 12.7 Å². The third-order valence-electron chi connectivity index (χ3n) is 3.04. The predicted molar refractivity (Wildman–Crippen MR) is 71.9 cm³/mol. The molecular weight excluding hydrogens is 244 g/mol. The van der Waals surface area contributed by atoms with Gasteiger partial charge in [-0.25, -0.2) is 4.79 Å². The molecule has 1 heterocycles. The zero-order valence-corrected chi connectivity index (χ0v) is 11.1. The molecule has 1 unspecified atom stereocenters. The van der Waals surface area contributed by atoms with Crippen LogP contribution >= 0.6 is 0 Å². The van der Waals surface area contributed by atoms with E-state index in [0.717, 1.165) is 10.9 Å². The van der Waals surface area contributed by atoms with Crippen molar-refractivity contribution in [3.05, 3.63) is 36.0 Å². The first-order chi connectivity index (χ1) is 9.04. The Morgan fingerprint density at radius 2 is 2.00 bits per heavy atom. The number of benzene rings is 1. The molecule has 0 aliphatic carbocycles. The molecule has 19 heavy (non-hydrogen) atoms. The lowest BCUT2D eigenvalue weighted by Crippen LogP contribution is -2.39. The van der Waals surface area contributed by atoms with E-state index in [1.54, 1.807) is 13.1 Å². The topological polar surface area (TPSA) is 60.3 Å². The van der Waals surface area contributed by atoms with E-state index in [1.165, 1.54) is 7.11 Å². The summed E-state index contributed by atoms with van der Waals surface area (Å²) < 4.78 is 6.46. The van der Waals surface area contributed by atoms with E-state index in [9.17, 15) is 9.59 Å². The molecule has 0 fully saturated rings. The van der Waals surface area contributed by atoms with Gasteiger partial charge in [0.25, 0.3) is 5.91 Å². The predicted octanol–water partition coefficient (Wildman–Crippen LogP) is 1.47. The van der Waals surface area contributed by atoms with Crippen LogP contribution in [0.3, 0.4) is 0 Å². The second-order valence-corrected chi connectivity index (χ2v) is 4.39. The molecule has 0 spiro atoms. The minimum atomic E-state index is -0.670. The zero-order chi connectivity index (χ0) is 14.0. The summed E-state index contributed by atoms with van der Waals surface area (Å²) in [6, 6.07) is 6.95. The molecule has 0 saturated carbocycles. The number of hydrogen-bond acceptors (Lipinski definition) is 3. The maximum Gasteiger partial charge on any atom is 0.328 e. The van der Waals surface area contributed by atoms with E-state index in [1.807, 2.05) is 35.9 Å². The summed E-state index contributed by atoms with van der Waals surface area (Å²) in [5.41, 5.74) is 1.52. The molecule has 2 aromatic rings. The van der Waals surface area contributed by atoms with Crippen molar-refractivity contribution >= 4 is 22.8 Å². The smallest absolute Gasteiger partial charge is 0.328 e. The second-order valence-electron chi connectivity index (χ2n) is 4.39. The Labute approximate surface area is 111 Å². The Balaban J connectivity index is 2.30. The van der Waals surface area contributed by atoms with Gasteiger partial charge in [0.1, 0.15) is 6.04 Å². The Hall–Kier alpha value is -2.30. The number of nitrogens with one attached hydrogen (secondary N) is 1. The van der Waals surface area contributed by atoms with Crippen LogP contribution in [0.5, 0.6) is 0 Å². The van der Waals surface area contributed by atoms with Gasteiger partial charge in [-0.15, -0.1) is 0 Å². The second kappa shape index (κ2) is 5.14. The van der Waals surface area contributed by atoms with Gasteiger partial charge >= 0.3 is 5.97 Å². The minimum absolute atomic E-state index is 0.283. The SMILES string of the molecule is COC(=O)C(C)NC(=O)c1cn(C)c2ccccc12. The number of fused-ring (bicyclic) bond motifs is 1. The van der Waals surface area contributed by atoms with Crippen LogP contribution in [-0.2, 0) is 16.6 Å². The summed E-state index contributed by atoms with van der Waals surface area (Å²) in [4.78, 5) is 23.5. The van der Waals surface area contributed by atoms with Crippen LogP contribution in [0.2, 0.25) is 0 Å². The van der Waals surface area contributed by atoms with Crippen LogP contribution < -0.4 is 5.32 Å². The molecule has 1 N–H and O–H groups in total. The van der Waals surface area contributed by atoms with E-state index in [4.69, 9.17) is 0 Å². The molecule has 0 aliphatic heterocycles. The lowest BCUT2D eigenvalue weighted by atomic mass is 10.1. The lowest BCUT2D eigenvalue weighted by molar-refractivity contribution is -0.142. The van der Waals surface area contributed by atoms with Gasteiger partial charge in [-0.3, -0.25) is 4.79 Å². The van der Waals surface area contributed by atoms with E-state index >= 15 is 0 Å². The average molecular weight is 260 g/mol. The number of carbonyl (C=O) groups excluding carboxylic acids is 2. The minimum Gasteiger partial charge on any atom is -0.467 e. The summed E-state index contributed by atoms with van der Waals surface area (Å²) in [5, 5.41) is 3.49. The van der Waals surface area contributed by atoms with Crippen molar-refractivity contribution in [2.75, 3.05) is 7.11 Å². The van der Waals surface area contributed by atoms with Crippen molar-refractivity contribution in [1.82, 2.24) is 9.88 Å². The van der Waals surface area contributed by atoms with Crippen molar-refractivity contribution < 1.29 is 14.3 Å². The van der Waals surface area contributed by atoms with Crippen molar-refractivity contribution in [1.29, 1.82) is 0 Å². The van der Waals surface area contributed by atoms with Crippen LogP contribution in [0.1, 0.15) is 17.3 Å². The largest absolute Gasteiger partial charge is 0.467 e. The highest BCUT2D eigenvalue weighted by atomic mass is 16.5.